The van der Waals surface area contributed by atoms with E-state index in [2.05, 4.69) is 24.3 Å². The topological polar surface area (TPSA) is 65.0 Å². The summed E-state index contributed by atoms with van der Waals surface area (Å²) in [5.41, 5.74) is 3.19. The van der Waals surface area contributed by atoms with Gasteiger partial charge in [-0.25, -0.2) is 4.79 Å². The van der Waals surface area contributed by atoms with E-state index in [1.807, 2.05) is 54.6 Å². The average molecular weight is 433 g/mol. The molecule has 0 radical (unpaired) electrons. The largest absolute Gasteiger partial charge is 0.479 e. The zero-order chi connectivity index (χ0) is 22.4. The number of aliphatic carboxylic acids is 1. The van der Waals surface area contributed by atoms with Crippen LogP contribution in [0, 0.1) is 0 Å². The van der Waals surface area contributed by atoms with Crippen molar-refractivity contribution in [2.75, 3.05) is 7.11 Å². The van der Waals surface area contributed by atoms with E-state index in [0.29, 0.717) is 12.2 Å². The van der Waals surface area contributed by atoms with Gasteiger partial charge in [0.05, 0.1) is 0 Å². The van der Waals surface area contributed by atoms with Crippen LogP contribution in [0.1, 0.15) is 31.2 Å². The third-order valence-electron chi connectivity index (χ3n) is 5.84. The fourth-order valence-corrected chi connectivity index (χ4v) is 4.09. The molecule has 0 bridgehead atoms. The fourth-order valence-electron chi connectivity index (χ4n) is 4.09. The Hall–Kier alpha value is -3.31. The van der Waals surface area contributed by atoms with Crippen LogP contribution < -0.4 is 9.47 Å². The van der Waals surface area contributed by atoms with Gasteiger partial charge in [-0.05, 0) is 53.8 Å². The highest BCUT2D eigenvalue weighted by Crippen LogP contribution is 2.37. The predicted molar refractivity (Wildman–Crippen MR) is 123 cm³/mol. The fraction of sp³-hybridized carbons (Fsp3) is 0.296. The lowest BCUT2D eigenvalue weighted by molar-refractivity contribution is -0.148. The molecule has 0 saturated heterocycles. The van der Waals surface area contributed by atoms with Crippen molar-refractivity contribution in [2.24, 2.45) is 0 Å². The molecule has 0 aromatic heterocycles. The summed E-state index contributed by atoms with van der Waals surface area (Å²) in [6.07, 6.45) is 3.19. The van der Waals surface area contributed by atoms with E-state index >= 15 is 0 Å². The quantitative estimate of drug-likeness (QED) is 0.438. The van der Waals surface area contributed by atoms with E-state index in [1.165, 1.54) is 12.7 Å². The minimum Gasteiger partial charge on any atom is -0.479 e. The third-order valence-corrected chi connectivity index (χ3v) is 5.84. The van der Waals surface area contributed by atoms with Gasteiger partial charge in [0, 0.05) is 26.4 Å². The lowest BCUT2D eigenvalue weighted by Crippen LogP contribution is -2.39. The van der Waals surface area contributed by atoms with Crippen LogP contribution in [0.2, 0.25) is 0 Å². The highest BCUT2D eigenvalue weighted by molar-refractivity contribution is 5.72. The Kier molecular flexibility index (Phi) is 6.76. The zero-order valence-corrected chi connectivity index (χ0v) is 18.2. The number of carboxylic acids is 1. The maximum atomic E-state index is 11.2. The molecule has 1 aliphatic carbocycles. The number of rotatable bonds is 9. The summed E-state index contributed by atoms with van der Waals surface area (Å²) in [5, 5.41) is 9.17. The number of benzene rings is 3. The van der Waals surface area contributed by atoms with Crippen LogP contribution >= 0.6 is 0 Å². The second-order valence-electron chi connectivity index (χ2n) is 8.12. The summed E-state index contributed by atoms with van der Waals surface area (Å²) in [7, 11) is 1.41. The smallest absolute Gasteiger partial charge is 0.333 e. The first-order valence-corrected chi connectivity index (χ1v) is 10.9. The molecule has 1 aliphatic rings. The van der Waals surface area contributed by atoms with Crippen molar-refractivity contribution in [1.82, 2.24) is 0 Å². The third kappa shape index (κ3) is 5.29. The van der Waals surface area contributed by atoms with E-state index in [4.69, 9.17) is 19.3 Å². The minimum atomic E-state index is -0.968. The van der Waals surface area contributed by atoms with Crippen molar-refractivity contribution in [3.05, 3.63) is 84.4 Å². The molecule has 5 nitrogen and oxygen atoms in total. The van der Waals surface area contributed by atoms with Gasteiger partial charge in [-0.2, -0.15) is 0 Å². The Balaban J connectivity index is 1.44. The van der Waals surface area contributed by atoms with Crippen LogP contribution in [0.15, 0.2) is 78.9 Å². The van der Waals surface area contributed by atoms with Crippen LogP contribution in [0.4, 0.5) is 0 Å². The summed E-state index contributed by atoms with van der Waals surface area (Å²) < 4.78 is 17.7. The second kappa shape index (κ2) is 9.88. The molecule has 1 atom stereocenters. The molecular formula is C27H28O5. The van der Waals surface area contributed by atoms with Crippen LogP contribution in [-0.4, -0.2) is 30.1 Å². The van der Waals surface area contributed by atoms with Crippen molar-refractivity contribution in [3.8, 4) is 22.6 Å². The molecule has 166 valence electrons. The van der Waals surface area contributed by atoms with E-state index < -0.39 is 17.9 Å². The molecule has 5 heteroatoms. The van der Waals surface area contributed by atoms with E-state index in [0.717, 1.165) is 42.6 Å². The number of carboxylic acid groups (broad SMARTS) is 1. The van der Waals surface area contributed by atoms with Crippen molar-refractivity contribution in [1.29, 1.82) is 0 Å². The van der Waals surface area contributed by atoms with Gasteiger partial charge in [0.25, 0.3) is 5.79 Å². The highest BCUT2D eigenvalue weighted by atomic mass is 16.7. The molecular weight excluding hydrogens is 404 g/mol. The Morgan fingerprint density at radius 3 is 1.91 bits per heavy atom. The van der Waals surface area contributed by atoms with Gasteiger partial charge in [-0.1, -0.05) is 54.6 Å². The first kappa shape index (κ1) is 21.9. The van der Waals surface area contributed by atoms with Crippen LogP contribution in [0.5, 0.6) is 11.5 Å². The van der Waals surface area contributed by atoms with Gasteiger partial charge in [0.15, 0.2) is 6.10 Å². The van der Waals surface area contributed by atoms with Gasteiger partial charge in [-0.3, -0.25) is 0 Å². The average Bonchev–Trinajstić information content (AvgIpc) is 3.27. The standard InChI is InChI=1S/C27H28O5/c1-30-25(26(28)29)19-20-9-13-23(14-10-20)31-27(17-5-6-18-27)32-24-15-11-22(12-16-24)21-7-3-2-4-8-21/h2-4,7-16,25H,5-6,17-19H2,1H3,(H,28,29). The van der Waals surface area contributed by atoms with Gasteiger partial charge in [0.1, 0.15) is 11.5 Å². The van der Waals surface area contributed by atoms with Gasteiger partial charge in [-0.15, -0.1) is 0 Å². The molecule has 4 rings (SSSR count). The molecule has 3 aromatic rings. The molecule has 1 fully saturated rings. The second-order valence-corrected chi connectivity index (χ2v) is 8.12. The Bertz CT molecular complexity index is 1010. The van der Waals surface area contributed by atoms with Crippen molar-refractivity contribution < 1.29 is 24.1 Å². The van der Waals surface area contributed by atoms with E-state index in [1.54, 1.807) is 0 Å². The molecule has 1 N–H and O–H groups in total. The SMILES string of the molecule is COC(Cc1ccc(OC2(Oc3ccc(-c4ccccc4)cc3)CCCC2)cc1)C(=O)O. The Morgan fingerprint density at radius 1 is 0.844 bits per heavy atom. The van der Waals surface area contributed by atoms with E-state index in [-0.39, 0.29) is 0 Å². The molecule has 0 amide bonds. The monoisotopic (exact) mass is 432 g/mol. The summed E-state index contributed by atoms with van der Waals surface area (Å²) in [6, 6.07) is 25.9. The normalized spacial score (nSPS) is 15.8. The molecule has 1 unspecified atom stereocenters. The molecule has 0 heterocycles. The van der Waals surface area contributed by atoms with Gasteiger partial charge in [0.2, 0.25) is 0 Å². The molecule has 1 saturated carbocycles. The van der Waals surface area contributed by atoms with E-state index in [9.17, 15) is 4.79 Å². The highest BCUT2D eigenvalue weighted by Gasteiger charge is 2.38. The summed E-state index contributed by atoms with van der Waals surface area (Å²) in [5.74, 6) is -0.163. The van der Waals surface area contributed by atoms with Gasteiger partial charge >= 0.3 is 5.97 Å². The molecule has 3 aromatic carbocycles. The van der Waals surface area contributed by atoms with Gasteiger partial charge < -0.3 is 19.3 Å². The predicted octanol–water partition coefficient (Wildman–Crippen LogP) is 5.72. The van der Waals surface area contributed by atoms with Crippen LogP contribution in [0.25, 0.3) is 11.1 Å². The van der Waals surface area contributed by atoms with Crippen LogP contribution in [-0.2, 0) is 16.0 Å². The van der Waals surface area contributed by atoms with Crippen molar-refractivity contribution in [3.63, 3.8) is 0 Å². The minimum absolute atomic E-state index is 0.307. The summed E-state index contributed by atoms with van der Waals surface area (Å²) >= 11 is 0. The molecule has 0 spiro atoms. The lowest BCUT2D eigenvalue weighted by atomic mass is 10.1. The number of carbonyl (C=O) groups is 1. The Labute approximate surface area is 188 Å². The maximum absolute atomic E-state index is 11.2. The first-order valence-electron chi connectivity index (χ1n) is 10.9. The van der Waals surface area contributed by atoms with Crippen molar-refractivity contribution in [2.45, 2.75) is 44.0 Å². The van der Waals surface area contributed by atoms with Crippen LogP contribution in [0.3, 0.4) is 0 Å². The number of methoxy groups -OCH3 is 1. The van der Waals surface area contributed by atoms with Crippen molar-refractivity contribution >= 4 is 5.97 Å². The first-order chi connectivity index (χ1) is 15.6. The molecule has 0 aliphatic heterocycles. The number of hydrogen-bond acceptors (Lipinski definition) is 4. The summed E-state index contributed by atoms with van der Waals surface area (Å²) in [6.45, 7) is 0. The number of hydrogen-bond donors (Lipinski definition) is 1. The maximum Gasteiger partial charge on any atom is 0.333 e. The zero-order valence-electron chi connectivity index (χ0n) is 18.2. The summed E-state index contributed by atoms with van der Waals surface area (Å²) in [4.78, 5) is 11.2. The Morgan fingerprint density at radius 2 is 1.38 bits per heavy atom. The molecule has 32 heavy (non-hydrogen) atoms. The number of ether oxygens (including phenoxy) is 3. The lowest BCUT2D eigenvalue weighted by Gasteiger charge is -2.31.